The number of nitrogens with one attached hydrogen (secondary N) is 1. The van der Waals surface area contributed by atoms with Gasteiger partial charge in [-0.1, -0.05) is 11.6 Å². The molecule has 27 heavy (non-hydrogen) atoms. The molecular formula is C21H26ClN3OS. The van der Waals surface area contributed by atoms with E-state index in [1.807, 2.05) is 24.6 Å². The minimum Gasteiger partial charge on any atom is -0.348 e. The fraction of sp³-hybridized carbons (Fsp3) is 0.619. The minimum atomic E-state index is 0.107. The fourth-order valence-electron chi connectivity index (χ4n) is 5.96. The van der Waals surface area contributed by atoms with Gasteiger partial charge in [0.15, 0.2) is 0 Å². The summed E-state index contributed by atoms with van der Waals surface area (Å²) in [6, 6.07) is 2.41. The molecule has 0 unspecified atom stereocenters. The monoisotopic (exact) mass is 403 g/mol. The number of aryl methyl sites for hydroxylation is 1. The van der Waals surface area contributed by atoms with Crippen molar-refractivity contribution in [3.05, 3.63) is 38.3 Å². The molecule has 4 aliphatic rings. The van der Waals surface area contributed by atoms with Gasteiger partial charge in [-0.15, -0.1) is 11.3 Å². The Bertz CT molecular complexity index is 858. The van der Waals surface area contributed by atoms with Crippen LogP contribution in [0.2, 0.25) is 5.02 Å². The Hall–Kier alpha value is -1.33. The first-order valence-corrected chi connectivity index (χ1v) is 11.3. The van der Waals surface area contributed by atoms with Crippen LogP contribution >= 0.6 is 22.9 Å². The summed E-state index contributed by atoms with van der Waals surface area (Å²) in [5, 5.41) is 10.7. The van der Waals surface area contributed by atoms with Crippen molar-refractivity contribution >= 4 is 28.8 Å². The lowest BCUT2D eigenvalue weighted by molar-refractivity contribution is -0.0119. The molecule has 2 heterocycles. The van der Waals surface area contributed by atoms with E-state index in [1.165, 1.54) is 43.4 Å². The molecule has 4 saturated carbocycles. The third-order valence-electron chi connectivity index (χ3n) is 7.03. The Morgan fingerprint density at radius 2 is 1.89 bits per heavy atom. The molecule has 0 aromatic carbocycles. The number of hydrogen-bond acceptors (Lipinski definition) is 3. The molecule has 0 saturated heterocycles. The van der Waals surface area contributed by atoms with E-state index in [2.05, 4.69) is 15.8 Å². The largest absolute Gasteiger partial charge is 0.348 e. The van der Waals surface area contributed by atoms with Gasteiger partial charge < -0.3 is 5.32 Å². The van der Waals surface area contributed by atoms with Gasteiger partial charge in [-0.25, -0.2) is 0 Å². The molecule has 4 bridgehead atoms. The van der Waals surface area contributed by atoms with Crippen molar-refractivity contribution in [2.75, 3.05) is 0 Å². The molecular weight excluding hydrogens is 378 g/mol. The van der Waals surface area contributed by atoms with E-state index in [1.54, 1.807) is 0 Å². The number of thiophene rings is 1. The molecule has 4 fully saturated rings. The van der Waals surface area contributed by atoms with Crippen LogP contribution in [0, 0.1) is 37.5 Å². The SMILES string of the molecule is Cc1nn(Cc2csc(C(=O)NC3C4CC5CC(C4)CC3C5)c2)c(C)c1Cl. The van der Waals surface area contributed by atoms with Gasteiger partial charge in [0.1, 0.15) is 0 Å². The van der Waals surface area contributed by atoms with E-state index in [0.717, 1.165) is 38.7 Å². The Kier molecular flexibility index (Phi) is 4.36. The summed E-state index contributed by atoms with van der Waals surface area (Å²) in [6.45, 7) is 4.55. The minimum absolute atomic E-state index is 0.107. The van der Waals surface area contributed by atoms with Gasteiger partial charge in [0.2, 0.25) is 0 Å². The Labute approximate surface area is 169 Å². The summed E-state index contributed by atoms with van der Waals surface area (Å²) in [5.41, 5.74) is 2.93. The second-order valence-corrected chi connectivity index (χ2v) is 10.2. The van der Waals surface area contributed by atoms with Crippen LogP contribution in [0.5, 0.6) is 0 Å². The number of amides is 1. The molecule has 1 N–H and O–H groups in total. The molecule has 2 aromatic rings. The number of halogens is 1. The van der Waals surface area contributed by atoms with Gasteiger partial charge in [-0.2, -0.15) is 5.10 Å². The van der Waals surface area contributed by atoms with Gasteiger partial charge in [0, 0.05) is 6.04 Å². The normalized spacial score (nSPS) is 31.4. The maximum Gasteiger partial charge on any atom is 0.261 e. The molecule has 6 heteroatoms. The lowest BCUT2D eigenvalue weighted by Gasteiger charge is -2.54. The van der Waals surface area contributed by atoms with Crippen LogP contribution < -0.4 is 5.32 Å². The fourth-order valence-corrected chi connectivity index (χ4v) is 6.90. The van der Waals surface area contributed by atoms with Crippen molar-refractivity contribution < 1.29 is 4.79 Å². The van der Waals surface area contributed by atoms with E-state index < -0.39 is 0 Å². The van der Waals surface area contributed by atoms with Gasteiger partial charge in [-0.3, -0.25) is 9.48 Å². The maximum atomic E-state index is 12.9. The highest BCUT2D eigenvalue weighted by Crippen LogP contribution is 2.53. The van der Waals surface area contributed by atoms with Crippen LogP contribution in [0.4, 0.5) is 0 Å². The third kappa shape index (κ3) is 3.13. The molecule has 1 amide bonds. The molecule has 4 aliphatic carbocycles. The predicted molar refractivity (Wildman–Crippen MR) is 108 cm³/mol. The second kappa shape index (κ2) is 6.63. The summed E-state index contributed by atoms with van der Waals surface area (Å²) in [5.74, 6) is 3.39. The van der Waals surface area contributed by atoms with Crippen LogP contribution in [0.25, 0.3) is 0 Å². The van der Waals surface area contributed by atoms with E-state index in [-0.39, 0.29) is 5.91 Å². The van der Waals surface area contributed by atoms with Crippen LogP contribution in [0.3, 0.4) is 0 Å². The van der Waals surface area contributed by atoms with Crippen LogP contribution in [0.1, 0.15) is 58.7 Å². The summed E-state index contributed by atoms with van der Waals surface area (Å²) in [6.07, 6.45) is 6.75. The summed E-state index contributed by atoms with van der Waals surface area (Å²) >= 11 is 7.78. The van der Waals surface area contributed by atoms with Crippen molar-refractivity contribution in [2.45, 2.75) is 58.5 Å². The van der Waals surface area contributed by atoms with Crippen molar-refractivity contribution in [2.24, 2.45) is 23.7 Å². The first-order valence-electron chi connectivity index (χ1n) is 10.1. The van der Waals surface area contributed by atoms with E-state index in [9.17, 15) is 4.79 Å². The summed E-state index contributed by atoms with van der Waals surface area (Å²) in [4.78, 5) is 13.7. The van der Waals surface area contributed by atoms with Crippen molar-refractivity contribution in [3.63, 3.8) is 0 Å². The highest BCUT2D eigenvalue weighted by molar-refractivity contribution is 7.12. The van der Waals surface area contributed by atoms with Crippen molar-refractivity contribution in [1.82, 2.24) is 15.1 Å². The topological polar surface area (TPSA) is 46.9 Å². The molecule has 0 spiro atoms. The number of hydrogen-bond donors (Lipinski definition) is 1. The number of carbonyl (C=O) groups excluding carboxylic acids is 1. The second-order valence-electron chi connectivity index (χ2n) is 8.89. The van der Waals surface area contributed by atoms with Crippen molar-refractivity contribution in [3.8, 4) is 0 Å². The Morgan fingerprint density at radius 1 is 1.22 bits per heavy atom. The zero-order valence-corrected chi connectivity index (χ0v) is 17.4. The van der Waals surface area contributed by atoms with Gasteiger partial charge >= 0.3 is 0 Å². The van der Waals surface area contributed by atoms with Gasteiger partial charge in [-0.05, 0) is 86.6 Å². The highest BCUT2D eigenvalue weighted by atomic mass is 35.5. The van der Waals surface area contributed by atoms with E-state index >= 15 is 0 Å². The summed E-state index contributed by atoms with van der Waals surface area (Å²) < 4.78 is 1.92. The molecule has 0 aliphatic heterocycles. The molecule has 6 rings (SSSR count). The first kappa shape index (κ1) is 17.7. The average molecular weight is 404 g/mol. The van der Waals surface area contributed by atoms with Crippen LogP contribution in [0.15, 0.2) is 11.4 Å². The van der Waals surface area contributed by atoms with E-state index in [4.69, 9.17) is 11.6 Å². The maximum absolute atomic E-state index is 12.9. The standard InChI is InChI=1S/C21H26ClN3OS/c1-11-19(22)12(2)25(24-11)9-15-8-18(27-10-15)21(26)23-20-16-4-13-3-14(6-16)7-17(20)5-13/h8,10,13-14,16-17,20H,3-7,9H2,1-2H3,(H,23,26). The zero-order valence-electron chi connectivity index (χ0n) is 15.9. The quantitative estimate of drug-likeness (QED) is 0.795. The molecule has 2 aromatic heterocycles. The molecule has 144 valence electrons. The van der Waals surface area contributed by atoms with Crippen LogP contribution in [-0.2, 0) is 6.54 Å². The Balaban J connectivity index is 1.27. The van der Waals surface area contributed by atoms with Gasteiger partial charge in [0.05, 0.1) is 27.8 Å². The number of rotatable bonds is 4. The molecule has 4 nitrogen and oxygen atoms in total. The predicted octanol–water partition coefficient (Wildman–Crippen LogP) is 4.82. The zero-order chi connectivity index (χ0) is 18.7. The van der Waals surface area contributed by atoms with E-state index in [0.29, 0.717) is 24.4 Å². The van der Waals surface area contributed by atoms with Crippen LogP contribution in [-0.4, -0.2) is 21.7 Å². The average Bonchev–Trinajstić information content (AvgIpc) is 3.19. The third-order valence-corrected chi connectivity index (χ3v) is 8.55. The number of carbonyl (C=O) groups is 1. The lowest BCUT2D eigenvalue weighted by Crippen LogP contribution is -2.55. The first-order chi connectivity index (χ1) is 13.0. The number of aromatic nitrogens is 2. The highest BCUT2D eigenvalue weighted by Gasteiger charge is 2.48. The Morgan fingerprint density at radius 3 is 2.48 bits per heavy atom. The summed E-state index contributed by atoms with van der Waals surface area (Å²) in [7, 11) is 0. The number of nitrogens with zero attached hydrogens (tertiary/aromatic N) is 2. The smallest absolute Gasteiger partial charge is 0.261 e. The van der Waals surface area contributed by atoms with Gasteiger partial charge in [0.25, 0.3) is 5.91 Å². The molecule has 0 atom stereocenters. The van der Waals surface area contributed by atoms with Crippen molar-refractivity contribution in [1.29, 1.82) is 0 Å². The molecule has 0 radical (unpaired) electrons. The lowest BCUT2D eigenvalue weighted by atomic mass is 9.54.